The van der Waals surface area contributed by atoms with Crippen LogP contribution in [0.4, 0.5) is 8.78 Å². The highest BCUT2D eigenvalue weighted by molar-refractivity contribution is 14.0. The Morgan fingerprint density at radius 1 is 1.25 bits per heavy atom. The number of aromatic nitrogens is 2. The van der Waals surface area contributed by atoms with Gasteiger partial charge in [-0.15, -0.1) is 24.0 Å². The second-order valence-electron chi connectivity index (χ2n) is 6.37. The highest BCUT2D eigenvalue weighted by Crippen LogP contribution is 2.22. The van der Waals surface area contributed by atoms with Gasteiger partial charge in [0.1, 0.15) is 5.75 Å². The molecule has 1 heterocycles. The van der Waals surface area contributed by atoms with Crippen LogP contribution in [0.25, 0.3) is 0 Å². The van der Waals surface area contributed by atoms with E-state index in [0.29, 0.717) is 24.6 Å². The first-order valence-electron chi connectivity index (χ1n) is 8.79. The van der Waals surface area contributed by atoms with Gasteiger partial charge >= 0.3 is 6.61 Å². The van der Waals surface area contributed by atoms with E-state index < -0.39 is 6.61 Å². The van der Waals surface area contributed by atoms with Crippen molar-refractivity contribution in [2.75, 3.05) is 13.6 Å². The fourth-order valence-electron chi connectivity index (χ4n) is 2.94. The average Bonchev–Trinajstić information content (AvgIpc) is 2.85. The summed E-state index contributed by atoms with van der Waals surface area (Å²) >= 11 is 0. The fourth-order valence-corrected chi connectivity index (χ4v) is 2.94. The van der Waals surface area contributed by atoms with Crippen molar-refractivity contribution in [3.8, 4) is 5.75 Å². The first-order valence-corrected chi connectivity index (χ1v) is 8.79. The summed E-state index contributed by atoms with van der Waals surface area (Å²) in [7, 11) is 3.60. The molecule has 156 valence electrons. The second kappa shape index (κ2) is 11.2. The average molecular weight is 507 g/mol. The van der Waals surface area contributed by atoms with E-state index >= 15 is 0 Å². The topological polar surface area (TPSA) is 63.5 Å². The molecule has 0 radical (unpaired) electrons. The summed E-state index contributed by atoms with van der Waals surface area (Å²) in [4.78, 5) is 4.18. The minimum Gasteiger partial charge on any atom is -0.434 e. The van der Waals surface area contributed by atoms with Crippen molar-refractivity contribution in [2.45, 2.75) is 40.3 Å². The van der Waals surface area contributed by atoms with Gasteiger partial charge in [0.15, 0.2) is 5.96 Å². The number of alkyl halides is 2. The first-order chi connectivity index (χ1) is 12.8. The first kappa shape index (κ1) is 24.1. The number of benzene rings is 1. The van der Waals surface area contributed by atoms with E-state index in [1.54, 1.807) is 19.2 Å². The molecule has 9 heteroatoms. The van der Waals surface area contributed by atoms with E-state index in [4.69, 9.17) is 0 Å². The molecule has 0 aliphatic rings. The Bertz CT molecular complexity index is 808. The maximum absolute atomic E-state index is 12.6. The third-order valence-corrected chi connectivity index (χ3v) is 4.43. The minimum absolute atomic E-state index is 0. The standard InChI is InChI=1S/C19H27F2N5O.HI/c1-12-6-7-17(27-18(20)21)15(10-12)11-24-19(22-4)23-9-8-16-13(2)25-26(5)14(16)3;/h6-7,10,18H,8-9,11H2,1-5H3,(H2,22,23,24);1H. The van der Waals surface area contributed by atoms with Gasteiger partial charge in [0.05, 0.1) is 5.69 Å². The van der Waals surface area contributed by atoms with E-state index in [1.165, 1.54) is 5.56 Å². The lowest BCUT2D eigenvalue weighted by molar-refractivity contribution is -0.0504. The maximum atomic E-state index is 12.6. The highest BCUT2D eigenvalue weighted by atomic mass is 127. The Morgan fingerprint density at radius 2 is 1.96 bits per heavy atom. The molecule has 0 amide bonds. The van der Waals surface area contributed by atoms with Crippen LogP contribution < -0.4 is 15.4 Å². The Balaban J connectivity index is 0.00000392. The molecule has 2 rings (SSSR count). The molecule has 0 spiro atoms. The Hall–Kier alpha value is -1.91. The number of aliphatic imine (C=N–C) groups is 1. The molecule has 1 aromatic carbocycles. The van der Waals surface area contributed by atoms with Gasteiger partial charge in [0.25, 0.3) is 0 Å². The Kier molecular flexibility index (Phi) is 9.63. The summed E-state index contributed by atoms with van der Waals surface area (Å²) < 4.78 is 31.6. The number of guanidine groups is 1. The van der Waals surface area contributed by atoms with Gasteiger partial charge in [-0.25, -0.2) is 0 Å². The van der Waals surface area contributed by atoms with Gasteiger partial charge < -0.3 is 15.4 Å². The zero-order valence-electron chi connectivity index (χ0n) is 16.8. The molecule has 0 bridgehead atoms. The summed E-state index contributed by atoms with van der Waals surface area (Å²) in [6.07, 6.45) is 0.816. The fraction of sp³-hybridized carbons (Fsp3) is 0.474. The third kappa shape index (κ3) is 6.61. The summed E-state index contributed by atoms with van der Waals surface area (Å²) in [5.74, 6) is 0.763. The van der Waals surface area contributed by atoms with Crippen molar-refractivity contribution in [1.29, 1.82) is 0 Å². The molecule has 0 aliphatic carbocycles. The van der Waals surface area contributed by atoms with E-state index in [0.717, 1.165) is 23.4 Å². The van der Waals surface area contributed by atoms with Gasteiger partial charge in [-0.2, -0.15) is 13.9 Å². The maximum Gasteiger partial charge on any atom is 0.387 e. The van der Waals surface area contributed by atoms with E-state index in [2.05, 4.69) is 25.5 Å². The number of hydrogen-bond acceptors (Lipinski definition) is 3. The van der Waals surface area contributed by atoms with Crippen LogP contribution in [-0.4, -0.2) is 35.9 Å². The summed E-state index contributed by atoms with van der Waals surface area (Å²) in [6.45, 7) is 4.11. The highest BCUT2D eigenvalue weighted by Gasteiger charge is 2.11. The monoisotopic (exact) mass is 507 g/mol. The predicted molar refractivity (Wildman–Crippen MR) is 118 cm³/mol. The van der Waals surface area contributed by atoms with Crippen molar-refractivity contribution in [1.82, 2.24) is 20.4 Å². The van der Waals surface area contributed by atoms with Crippen molar-refractivity contribution >= 4 is 29.9 Å². The van der Waals surface area contributed by atoms with Crippen molar-refractivity contribution < 1.29 is 13.5 Å². The number of halogens is 3. The second-order valence-corrected chi connectivity index (χ2v) is 6.37. The van der Waals surface area contributed by atoms with Gasteiger partial charge in [0.2, 0.25) is 0 Å². The largest absolute Gasteiger partial charge is 0.434 e. The summed E-state index contributed by atoms with van der Waals surface area (Å²) in [6, 6.07) is 5.12. The van der Waals surface area contributed by atoms with E-state index in [1.807, 2.05) is 38.6 Å². The number of nitrogens with zero attached hydrogens (tertiary/aromatic N) is 3. The van der Waals surface area contributed by atoms with E-state index in [-0.39, 0.29) is 29.7 Å². The Labute approximate surface area is 181 Å². The number of rotatable bonds is 7. The predicted octanol–water partition coefficient (Wildman–Crippen LogP) is 3.47. The van der Waals surface area contributed by atoms with Crippen LogP contribution in [0.1, 0.15) is 28.1 Å². The molecule has 0 aliphatic heterocycles. The molecule has 2 aromatic rings. The molecule has 2 N–H and O–H groups in total. The van der Waals surface area contributed by atoms with Crippen LogP contribution in [-0.2, 0) is 20.0 Å². The lowest BCUT2D eigenvalue weighted by Gasteiger charge is -2.15. The molecule has 1 aromatic heterocycles. The quantitative estimate of drug-likeness (QED) is 0.343. The van der Waals surface area contributed by atoms with Crippen LogP contribution in [0.3, 0.4) is 0 Å². The molecule has 0 unspecified atom stereocenters. The van der Waals surface area contributed by atoms with Crippen LogP contribution in [0, 0.1) is 20.8 Å². The van der Waals surface area contributed by atoms with Crippen molar-refractivity contribution in [2.24, 2.45) is 12.0 Å². The molecular formula is C19H28F2IN5O. The normalized spacial score (nSPS) is 11.4. The number of aryl methyl sites for hydroxylation is 3. The molecule has 0 atom stereocenters. The van der Waals surface area contributed by atoms with Crippen LogP contribution in [0.2, 0.25) is 0 Å². The van der Waals surface area contributed by atoms with Gasteiger partial charge in [-0.1, -0.05) is 17.7 Å². The molecule has 0 fully saturated rings. The van der Waals surface area contributed by atoms with Crippen LogP contribution in [0.15, 0.2) is 23.2 Å². The number of nitrogens with one attached hydrogen (secondary N) is 2. The number of ether oxygens (including phenoxy) is 1. The Morgan fingerprint density at radius 3 is 2.54 bits per heavy atom. The summed E-state index contributed by atoms with van der Waals surface area (Å²) in [5, 5.41) is 10.8. The molecule has 28 heavy (non-hydrogen) atoms. The zero-order valence-corrected chi connectivity index (χ0v) is 19.2. The van der Waals surface area contributed by atoms with Crippen LogP contribution in [0.5, 0.6) is 5.75 Å². The van der Waals surface area contributed by atoms with Gasteiger partial charge in [-0.3, -0.25) is 9.67 Å². The smallest absolute Gasteiger partial charge is 0.387 e. The van der Waals surface area contributed by atoms with Gasteiger partial charge in [0, 0.05) is 38.4 Å². The lowest BCUT2D eigenvalue weighted by atomic mass is 10.1. The lowest BCUT2D eigenvalue weighted by Crippen LogP contribution is -2.38. The number of hydrogen-bond donors (Lipinski definition) is 2. The third-order valence-electron chi connectivity index (χ3n) is 4.43. The van der Waals surface area contributed by atoms with E-state index in [9.17, 15) is 8.78 Å². The van der Waals surface area contributed by atoms with Crippen molar-refractivity contribution in [3.63, 3.8) is 0 Å². The van der Waals surface area contributed by atoms with Crippen LogP contribution >= 0.6 is 24.0 Å². The SMILES string of the molecule is CN=C(NCCc1c(C)nn(C)c1C)NCc1cc(C)ccc1OC(F)F.I. The zero-order chi connectivity index (χ0) is 20.0. The van der Waals surface area contributed by atoms with Gasteiger partial charge in [-0.05, 0) is 38.8 Å². The molecule has 6 nitrogen and oxygen atoms in total. The molecule has 0 saturated heterocycles. The molecular weight excluding hydrogens is 479 g/mol. The van der Waals surface area contributed by atoms with Crippen molar-refractivity contribution in [3.05, 3.63) is 46.3 Å². The minimum atomic E-state index is -2.85. The summed E-state index contributed by atoms with van der Waals surface area (Å²) in [5.41, 5.74) is 5.00. The molecule has 0 saturated carbocycles.